The highest BCUT2D eigenvalue weighted by Crippen LogP contribution is 2.54. The van der Waals surface area contributed by atoms with E-state index in [1.165, 1.54) is 5.56 Å². The zero-order valence-electron chi connectivity index (χ0n) is 14.3. The highest BCUT2D eigenvalue weighted by atomic mass is 79.9. The maximum absolute atomic E-state index is 11.9. The van der Waals surface area contributed by atoms with E-state index in [0.717, 1.165) is 42.2 Å². The van der Waals surface area contributed by atoms with Gasteiger partial charge in [-0.25, -0.2) is 0 Å². The van der Waals surface area contributed by atoms with Gasteiger partial charge in [0.1, 0.15) is 0 Å². The second kappa shape index (κ2) is 7.52. The number of hydrogen-bond acceptors (Lipinski definition) is 4. The van der Waals surface area contributed by atoms with Crippen molar-refractivity contribution in [3.63, 3.8) is 0 Å². The highest BCUT2D eigenvalue weighted by molar-refractivity contribution is 8.93. The molecule has 0 aromatic heterocycles. The monoisotopic (exact) mass is 418 g/mol. The third kappa shape index (κ3) is 3.25. The van der Waals surface area contributed by atoms with Crippen LogP contribution >= 0.6 is 28.7 Å². The molecule has 2 aliphatic rings. The molecular formula is C20H23BrN2OS. The Hall–Kier alpha value is -1.30. The van der Waals surface area contributed by atoms with E-state index >= 15 is 0 Å². The lowest BCUT2D eigenvalue weighted by molar-refractivity contribution is -0.0712. The molecule has 2 aromatic carbocycles. The standard InChI is InChI=1S/C20H22N2OS.BrH/c1-15-9-11-17(12-10-15)20(23)18(16-7-3-2-4-8-16)24-19-21-13-5-6-14-22(19)20;/h2-4,7-12,18,23H,5-6,13-14H2,1H3;1H. The Kier molecular flexibility index (Phi) is 5.56. The summed E-state index contributed by atoms with van der Waals surface area (Å²) in [5.74, 6) is 0. The third-order valence-corrected chi connectivity index (χ3v) is 6.24. The number of aryl methyl sites for hydroxylation is 1. The Morgan fingerprint density at radius 3 is 2.52 bits per heavy atom. The third-order valence-electron chi connectivity index (χ3n) is 4.85. The van der Waals surface area contributed by atoms with E-state index in [1.807, 2.05) is 18.2 Å². The number of aliphatic imine (C=N–C) groups is 1. The van der Waals surface area contributed by atoms with E-state index in [2.05, 4.69) is 48.2 Å². The van der Waals surface area contributed by atoms with Crippen LogP contribution in [0.4, 0.5) is 0 Å². The fourth-order valence-corrected chi connectivity index (χ4v) is 4.97. The molecule has 2 aromatic rings. The second-order valence-electron chi connectivity index (χ2n) is 6.52. The van der Waals surface area contributed by atoms with Gasteiger partial charge in [0.05, 0.1) is 5.25 Å². The molecule has 1 saturated heterocycles. The Labute approximate surface area is 163 Å². The van der Waals surface area contributed by atoms with Crippen LogP contribution in [-0.4, -0.2) is 28.3 Å². The summed E-state index contributed by atoms with van der Waals surface area (Å²) in [7, 11) is 0. The summed E-state index contributed by atoms with van der Waals surface area (Å²) < 4.78 is 0. The Bertz CT molecular complexity index is 750. The van der Waals surface area contributed by atoms with E-state index in [1.54, 1.807) is 11.8 Å². The predicted octanol–water partition coefficient (Wildman–Crippen LogP) is 4.66. The number of hydrogen-bond donors (Lipinski definition) is 1. The summed E-state index contributed by atoms with van der Waals surface area (Å²) >= 11 is 1.69. The van der Waals surface area contributed by atoms with Crippen LogP contribution in [0.1, 0.15) is 34.8 Å². The van der Waals surface area contributed by atoms with E-state index in [4.69, 9.17) is 4.99 Å². The molecule has 0 radical (unpaired) electrons. The maximum Gasteiger partial charge on any atom is 0.182 e. The largest absolute Gasteiger partial charge is 0.365 e. The molecule has 2 atom stereocenters. The second-order valence-corrected chi connectivity index (χ2v) is 7.60. The number of amidine groups is 1. The number of benzene rings is 2. The molecule has 0 aliphatic carbocycles. The zero-order chi connectivity index (χ0) is 16.6. The van der Waals surface area contributed by atoms with Gasteiger partial charge in [0.15, 0.2) is 10.9 Å². The minimum absolute atomic E-state index is 0. The predicted molar refractivity (Wildman–Crippen MR) is 110 cm³/mol. The summed E-state index contributed by atoms with van der Waals surface area (Å²) in [4.78, 5) is 6.86. The number of rotatable bonds is 2. The Morgan fingerprint density at radius 1 is 1.08 bits per heavy atom. The molecule has 3 nitrogen and oxygen atoms in total. The van der Waals surface area contributed by atoms with Gasteiger partial charge in [-0.15, -0.1) is 17.0 Å². The molecule has 1 fully saturated rings. The summed E-state index contributed by atoms with van der Waals surface area (Å²) in [6.45, 7) is 3.77. The van der Waals surface area contributed by atoms with Crippen LogP contribution in [-0.2, 0) is 5.72 Å². The van der Waals surface area contributed by atoms with Crippen molar-refractivity contribution in [3.05, 3.63) is 71.3 Å². The highest BCUT2D eigenvalue weighted by Gasteiger charge is 2.53. The van der Waals surface area contributed by atoms with Crippen LogP contribution < -0.4 is 0 Å². The van der Waals surface area contributed by atoms with Crippen LogP contribution in [0.5, 0.6) is 0 Å². The van der Waals surface area contributed by atoms with E-state index < -0.39 is 5.72 Å². The molecular weight excluding hydrogens is 396 g/mol. The van der Waals surface area contributed by atoms with Crippen LogP contribution in [0.25, 0.3) is 0 Å². The normalized spacial score (nSPS) is 25.6. The minimum atomic E-state index is -1.05. The minimum Gasteiger partial charge on any atom is -0.365 e. The molecule has 25 heavy (non-hydrogen) atoms. The molecule has 2 heterocycles. The lowest BCUT2D eigenvalue weighted by Gasteiger charge is -2.38. The van der Waals surface area contributed by atoms with Gasteiger partial charge in [0, 0.05) is 18.7 Å². The first-order chi connectivity index (χ1) is 11.7. The van der Waals surface area contributed by atoms with Crippen LogP contribution in [0, 0.1) is 6.92 Å². The molecule has 1 N–H and O–H groups in total. The quantitative estimate of drug-likeness (QED) is 0.769. The van der Waals surface area contributed by atoms with E-state index in [0.29, 0.717) is 0 Å². The van der Waals surface area contributed by atoms with Gasteiger partial charge >= 0.3 is 0 Å². The molecule has 4 rings (SSSR count). The number of fused-ring (bicyclic) bond motifs is 1. The molecule has 2 aliphatic heterocycles. The fourth-order valence-electron chi connectivity index (χ4n) is 3.52. The molecule has 0 saturated carbocycles. The van der Waals surface area contributed by atoms with Gasteiger partial charge in [-0.3, -0.25) is 4.99 Å². The van der Waals surface area contributed by atoms with Crippen molar-refractivity contribution >= 4 is 33.9 Å². The number of aliphatic hydroxyl groups is 1. The average molecular weight is 419 g/mol. The molecule has 2 unspecified atom stereocenters. The van der Waals surface area contributed by atoms with E-state index in [9.17, 15) is 5.11 Å². The van der Waals surface area contributed by atoms with E-state index in [-0.39, 0.29) is 22.2 Å². The van der Waals surface area contributed by atoms with Crippen LogP contribution in [0.2, 0.25) is 0 Å². The SMILES string of the molecule is Br.Cc1ccc(C2(O)C(c3ccccc3)SC3=NCCCCN32)cc1. The van der Waals surface area contributed by atoms with Gasteiger partial charge < -0.3 is 10.0 Å². The molecule has 0 bridgehead atoms. The number of nitrogens with zero attached hydrogens (tertiary/aromatic N) is 2. The van der Waals surface area contributed by atoms with Crippen molar-refractivity contribution in [3.8, 4) is 0 Å². The first-order valence-electron chi connectivity index (χ1n) is 8.53. The van der Waals surface area contributed by atoms with Gasteiger partial charge in [0.2, 0.25) is 0 Å². The maximum atomic E-state index is 11.9. The van der Waals surface area contributed by atoms with Gasteiger partial charge in [-0.05, 0) is 25.3 Å². The van der Waals surface area contributed by atoms with Crippen molar-refractivity contribution in [1.29, 1.82) is 0 Å². The van der Waals surface area contributed by atoms with Crippen molar-refractivity contribution in [2.75, 3.05) is 13.1 Å². The molecule has 5 heteroatoms. The summed E-state index contributed by atoms with van der Waals surface area (Å²) in [6, 6.07) is 18.6. The summed E-state index contributed by atoms with van der Waals surface area (Å²) in [5.41, 5.74) is 2.24. The van der Waals surface area contributed by atoms with Crippen molar-refractivity contribution in [2.45, 2.75) is 30.7 Å². The first-order valence-corrected chi connectivity index (χ1v) is 9.41. The molecule has 0 amide bonds. The number of thioether (sulfide) groups is 1. The Balaban J connectivity index is 0.00000182. The summed E-state index contributed by atoms with van der Waals surface area (Å²) in [6.07, 6.45) is 2.14. The first kappa shape index (κ1) is 18.5. The van der Waals surface area contributed by atoms with Crippen LogP contribution in [0.3, 0.4) is 0 Å². The molecule has 0 spiro atoms. The van der Waals surface area contributed by atoms with Gasteiger partial charge in [-0.1, -0.05) is 71.9 Å². The fraction of sp³-hybridized carbons (Fsp3) is 0.350. The van der Waals surface area contributed by atoms with Gasteiger partial charge in [0.25, 0.3) is 0 Å². The van der Waals surface area contributed by atoms with Crippen molar-refractivity contribution in [2.24, 2.45) is 4.99 Å². The Morgan fingerprint density at radius 2 is 1.80 bits per heavy atom. The van der Waals surface area contributed by atoms with Crippen LogP contribution in [0.15, 0.2) is 59.6 Å². The topological polar surface area (TPSA) is 35.8 Å². The average Bonchev–Trinajstić information content (AvgIpc) is 2.77. The smallest absolute Gasteiger partial charge is 0.182 e. The lowest BCUT2D eigenvalue weighted by atomic mass is 9.92. The zero-order valence-corrected chi connectivity index (χ0v) is 16.8. The summed E-state index contributed by atoms with van der Waals surface area (Å²) in [5, 5.41) is 12.8. The number of halogens is 1. The molecule has 132 valence electrons. The van der Waals surface area contributed by atoms with Crippen molar-refractivity contribution in [1.82, 2.24) is 4.90 Å². The van der Waals surface area contributed by atoms with Gasteiger partial charge in [-0.2, -0.15) is 0 Å². The lowest BCUT2D eigenvalue weighted by Crippen LogP contribution is -2.46. The van der Waals surface area contributed by atoms with Crippen molar-refractivity contribution < 1.29 is 5.11 Å².